The molecule has 1 N–H and O–H groups in total. The third-order valence-electron chi connectivity index (χ3n) is 4.75. The van der Waals surface area contributed by atoms with Gasteiger partial charge in [0.15, 0.2) is 0 Å². The second-order valence-electron chi connectivity index (χ2n) is 6.69. The molecule has 2 aromatic carbocycles. The Morgan fingerprint density at radius 3 is 2.48 bits per heavy atom. The lowest BCUT2D eigenvalue weighted by molar-refractivity contribution is 0.0943. The molecule has 4 aromatic rings. The number of aromatic nitrogens is 3. The van der Waals surface area contributed by atoms with Crippen LogP contribution in [-0.2, 0) is 0 Å². The molecule has 0 fully saturated rings. The number of nitrogens with one attached hydrogen (secondary N) is 1. The highest BCUT2D eigenvalue weighted by Crippen LogP contribution is 2.25. The lowest BCUT2D eigenvalue weighted by Crippen LogP contribution is -2.29. The van der Waals surface area contributed by atoms with E-state index in [4.69, 9.17) is 0 Å². The number of carbonyl (C=O) groups excluding carboxylic acids is 1. The van der Waals surface area contributed by atoms with E-state index >= 15 is 0 Å². The molecule has 0 radical (unpaired) electrons. The predicted molar refractivity (Wildman–Crippen MR) is 108 cm³/mol. The maximum Gasteiger partial charge on any atom is 0.255 e. The average Bonchev–Trinajstić information content (AvgIpc) is 3.24. The lowest BCUT2D eigenvalue weighted by atomic mass is 9.95. The van der Waals surface area contributed by atoms with Crippen LogP contribution in [0.3, 0.4) is 0 Å². The number of nitrogens with zero attached hydrogens (tertiary/aromatic N) is 3. The van der Waals surface area contributed by atoms with E-state index in [0.29, 0.717) is 11.3 Å². The molecule has 1 atom stereocenters. The molecule has 0 aliphatic rings. The van der Waals surface area contributed by atoms with Crippen LogP contribution in [-0.4, -0.2) is 20.7 Å². The molecule has 0 bridgehead atoms. The van der Waals surface area contributed by atoms with Crippen molar-refractivity contribution in [2.45, 2.75) is 13.0 Å². The van der Waals surface area contributed by atoms with Crippen LogP contribution < -0.4 is 5.32 Å². The summed E-state index contributed by atoms with van der Waals surface area (Å²) in [5.41, 5.74) is 4.13. The molecule has 1 amide bonds. The molecular weight excluding hydrogens is 367 g/mol. The van der Waals surface area contributed by atoms with Crippen LogP contribution in [0, 0.1) is 12.7 Å². The molecule has 0 saturated carbocycles. The van der Waals surface area contributed by atoms with Gasteiger partial charge in [-0.3, -0.25) is 9.78 Å². The van der Waals surface area contributed by atoms with Gasteiger partial charge in [-0.1, -0.05) is 24.3 Å². The minimum Gasteiger partial charge on any atom is -0.341 e. The Morgan fingerprint density at radius 1 is 1.03 bits per heavy atom. The van der Waals surface area contributed by atoms with Crippen molar-refractivity contribution in [3.8, 4) is 5.69 Å². The van der Waals surface area contributed by atoms with Gasteiger partial charge >= 0.3 is 0 Å². The molecule has 4 rings (SSSR count). The summed E-state index contributed by atoms with van der Waals surface area (Å²) in [5, 5.41) is 7.33. The number of benzene rings is 2. The molecule has 0 aliphatic carbocycles. The first-order valence-electron chi connectivity index (χ1n) is 9.19. The Morgan fingerprint density at radius 2 is 1.76 bits per heavy atom. The molecule has 6 heteroatoms. The molecule has 2 aromatic heterocycles. The quantitative estimate of drug-likeness (QED) is 0.558. The number of amides is 1. The second-order valence-corrected chi connectivity index (χ2v) is 6.69. The monoisotopic (exact) mass is 386 g/mol. The minimum atomic E-state index is -0.322. The predicted octanol–water partition coefficient (Wildman–Crippen LogP) is 4.23. The molecule has 1 unspecified atom stereocenters. The van der Waals surface area contributed by atoms with Gasteiger partial charge in [-0.25, -0.2) is 9.07 Å². The van der Waals surface area contributed by atoms with E-state index in [2.05, 4.69) is 15.4 Å². The van der Waals surface area contributed by atoms with E-state index in [1.54, 1.807) is 35.4 Å². The summed E-state index contributed by atoms with van der Waals surface area (Å²) in [6, 6.07) is 17.3. The van der Waals surface area contributed by atoms with Crippen molar-refractivity contribution in [2.75, 3.05) is 0 Å². The summed E-state index contributed by atoms with van der Waals surface area (Å²) in [7, 11) is 0. The molecular formula is C23H19FN4O. The Labute approximate surface area is 167 Å². The summed E-state index contributed by atoms with van der Waals surface area (Å²) in [4.78, 5) is 17.0. The average molecular weight is 386 g/mol. The topological polar surface area (TPSA) is 59.8 Å². The summed E-state index contributed by atoms with van der Waals surface area (Å²) in [6.45, 7) is 2.02. The number of halogens is 1. The van der Waals surface area contributed by atoms with Crippen LogP contribution in [0.2, 0.25) is 0 Å². The van der Waals surface area contributed by atoms with Crippen molar-refractivity contribution in [3.63, 3.8) is 0 Å². The molecule has 0 saturated heterocycles. The number of hydrogen-bond acceptors (Lipinski definition) is 3. The largest absolute Gasteiger partial charge is 0.341 e. The van der Waals surface area contributed by atoms with Gasteiger partial charge in [0.1, 0.15) is 5.82 Å². The zero-order valence-corrected chi connectivity index (χ0v) is 15.8. The van der Waals surface area contributed by atoms with Crippen molar-refractivity contribution >= 4 is 5.91 Å². The van der Waals surface area contributed by atoms with Gasteiger partial charge in [-0.05, 0) is 60.0 Å². The number of carbonyl (C=O) groups is 1. The number of pyridine rings is 1. The Bertz CT molecular complexity index is 1120. The van der Waals surface area contributed by atoms with Crippen molar-refractivity contribution in [1.82, 2.24) is 20.1 Å². The summed E-state index contributed by atoms with van der Waals surface area (Å²) in [5.74, 6) is -0.569. The molecule has 0 aliphatic heterocycles. The molecule has 0 spiro atoms. The number of hydrogen-bond donors (Lipinski definition) is 1. The molecule has 2 heterocycles. The van der Waals surface area contributed by atoms with Gasteiger partial charge in [-0.2, -0.15) is 5.10 Å². The van der Waals surface area contributed by atoms with Gasteiger partial charge in [-0.15, -0.1) is 0 Å². The van der Waals surface area contributed by atoms with Gasteiger partial charge in [0.05, 0.1) is 23.5 Å². The van der Waals surface area contributed by atoms with Crippen molar-refractivity contribution < 1.29 is 9.18 Å². The smallest absolute Gasteiger partial charge is 0.255 e. The van der Waals surface area contributed by atoms with Crippen molar-refractivity contribution in [2.24, 2.45) is 0 Å². The Hall–Kier alpha value is -3.80. The number of rotatable bonds is 5. The maximum atomic E-state index is 13.1. The van der Waals surface area contributed by atoms with E-state index in [1.165, 1.54) is 18.3 Å². The molecule has 5 nitrogen and oxygen atoms in total. The first-order chi connectivity index (χ1) is 14.1. The van der Waals surface area contributed by atoms with Gasteiger partial charge in [0.25, 0.3) is 5.91 Å². The van der Waals surface area contributed by atoms with Crippen LogP contribution in [0.4, 0.5) is 4.39 Å². The highest BCUT2D eigenvalue weighted by atomic mass is 19.1. The Balaban J connectivity index is 1.62. The fourth-order valence-corrected chi connectivity index (χ4v) is 3.20. The SMILES string of the molecule is Cc1ccccc1C(NC(=O)c1cnn(-c2ccc(F)cc2)c1)c1ccncc1. The normalized spacial score (nSPS) is 11.8. The maximum absolute atomic E-state index is 13.1. The zero-order valence-electron chi connectivity index (χ0n) is 15.8. The molecule has 144 valence electrons. The van der Waals surface area contributed by atoms with Crippen molar-refractivity contribution in [3.05, 3.63) is 114 Å². The fourth-order valence-electron chi connectivity index (χ4n) is 3.20. The van der Waals surface area contributed by atoms with E-state index in [-0.39, 0.29) is 17.8 Å². The van der Waals surface area contributed by atoms with Crippen LogP contribution >= 0.6 is 0 Å². The van der Waals surface area contributed by atoms with Gasteiger partial charge < -0.3 is 5.32 Å². The standard InChI is InChI=1S/C23H19FN4O/c1-16-4-2-3-5-21(16)22(17-10-12-25-13-11-17)27-23(29)18-14-26-28(15-18)20-8-6-19(24)7-9-20/h2-15,22H,1H3,(H,27,29). The summed E-state index contributed by atoms with van der Waals surface area (Å²) >= 11 is 0. The first-order valence-corrected chi connectivity index (χ1v) is 9.19. The minimum absolute atomic E-state index is 0.247. The summed E-state index contributed by atoms with van der Waals surface area (Å²) in [6.07, 6.45) is 6.54. The van der Waals surface area contributed by atoms with E-state index in [0.717, 1.165) is 16.7 Å². The third-order valence-corrected chi connectivity index (χ3v) is 4.75. The third kappa shape index (κ3) is 4.06. The van der Waals surface area contributed by atoms with Gasteiger partial charge in [0.2, 0.25) is 0 Å². The lowest BCUT2D eigenvalue weighted by Gasteiger charge is -2.21. The van der Waals surface area contributed by atoms with Gasteiger partial charge in [0, 0.05) is 18.6 Å². The fraction of sp³-hybridized carbons (Fsp3) is 0.0870. The molecule has 29 heavy (non-hydrogen) atoms. The second kappa shape index (κ2) is 8.06. The van der Waals surface area contributed by atoms with Crippen LogP contribution in [0.5, 0.6) is 0 Å². The number of aryl methyl sites for hydroxylation is 1. The highest BCUT2D eigenvalue weighted by molar-refractivity contribution is 5.94. The highest BCUT2D eigenvalue weighted by Gasteiger charge is 2.20. The van der Waals surface area contributed by atoms with Crippen molar-refractivity contribution in [1.29, 1.82) is 0 Å². The summed E-state index contributed by atoms with van der Waals surface area (Å²) < 4.78 is 14.7. The first kappa shape index (κ1) is 18.6. The van der Waals surface area contributed by atoms with E-state index < -0.39 is 0 Å². The zero-order chi connectivity index (χ0) is 20.2. The van der Waals surface area contributed by atoms with Crippen LogP contribution in [0.25, 0.3) is 5.69 Å². The van der Waals surface area contributed by atoms with Crippen LogP contribution in [0.15, 0.2) is 85.5 Å². The van der Waals surface area contributed by atoms with E-state index in [1.807, 2.05) is 43.3 Å². The van der Waals surface area contributed by atoms with E-state index in [9.17, 15) is 9.18 Å². The van der Waals surface area contributed by atoms with Crippen LogP contribution in [0.1, 0.15) is 33.1 Å². The Kier molecular flexibility index (Phi) is 5.16.